The second-order valence-electron chi connectivity index (χ2n) is 5.48. The molecule has 0 radical (unpaired) electrons. The molecule has 2 N–H and O–H groups in total. The second kappa shape index (κ2) is 5.69. The number of ether oxygens (including phenoxy) is 1. The van der Waals surface area contributed by atoms with Crippen molar-refractivity contribution in [3.63, 3.8) is 0 Å². The summed E-state index contributed by atoms with van der Waals surface area (Å²) in [4.78, 5) is 18.7. The molecule has 5 heteroatoms. The molecule has 0 spiro atoms. The van der Waals surface area contributed by atoms with Crippen LogP contribution >= 0.6 is 0 Å². The Morgan fingerprint density at radius 3 is 3.10 bits per heavy atom. The third kappa shape index (κ3) is 2.69. The van der Waals surface area contributed by atoms with E-state index in [0.717, 1.165) is 30.3 Å². The van der Waals surface area contributed by atoms with Gasteiger partial charge < -0.3 is 15.4 Å². The summed E-state index contributed by atoms with van der Waals surface area (Å²) in [6.07, 6.45) is 0.975. The molecule has 3 rings (SSSR count). The van der Waals surface area contributed by atoms with Crippen molar-refractivity contribution in [1.29, 1.82) is 0 Å². The van der Waals surface area contributed by atoms with E-state index in [1.165, 1.54) is 0 Å². The molecule has 21 heavy (non-hydrogen) atoms. The Bertz CT molecular complexity index is 672. The summed E-state index contributed by atoms with van der Waals surface area (Å²) < 4.78 is 5.16. The topological polar surface area (TPSA) is 68.5 Å². The normalized spacial score (nSPS) is 18.3. The van der Waals surface area contributed by atoms with Crippen molar-refractivity contribution in [3.8, 4) is 0 Å². The van der Waals surface area contributed by atoms with Crippen molar-refractivity contribution in [2.24, 2.45) is 5.92 Å². The van der Waals surface area contributed by atoms with Crippen molar-refractivity contribution in [3.05, 3.63) is 36.0 Å². The van der Waals surface area contributed by atoms with Crippen molar-refractivity contribution < 1.29 is 9.53 Å². The van der Waals surface area contributed by atoms with Crippen LogP contribution in [0.1, 0.15) is 16.9 Å². The maximum Gasteiger partial charge on any atom is 0.272 e. The van der Waals surface area contributed by atoms with E-state index in [9.17, 15) is 4.79 Å². The molecule has 2 heterocycles. The van der Waals surface area contributed by atoms with Gasteiger partial charge in [0.2, 0.25) is 0 Å². The Labute approximate surface area is 123 Å². The number of nitrogens with zero attached hydrogens (tertiary/aromatic N) is 2. The maximum atomic E-state index is 12.6. The summed E-state index contributed by atoms with van der Waals surface area (Å²) in [6, 6.07) is 9.52. The number of likely N-dealkylation sites (tertiary alicyclic amines) is 1. The van der Waals surface area contributed by atoms with Crippen molar-refractivity contribution in [2.75, 3.05) is 32.5 Å². The fraction of sp³-hybridized carbons (Fsp3) is 0.375. The monoisotopic (exact) mass is 285 g/mol. The summed E-state index contributed by atoms with van der Waals surface area (Å²) in [6.45, 7) is 2.17. The van der Waals surface area contributed by atoms with Gasteiger partial charge in [0.25, 0.3) is 5.91 Å². The van der Waals surface area contributed by atoms with Crippen LogP contribution in [-0.4, -0.2) is 42.6 Å². The van der Waals surface area contributed by atoms with Gasteiger partial charge in [0.1, 0.15) is 11.5 Å². The second-order valence-corrected chi connectivity index (χ2v) is 5.48. The van der Waals surface area contributed by atoms with Gasteiger partial charge in [-0.1, -0.05) is 24.3 Å². The van der Waals surface area contributed by atoms with Gasteiger partial charge in [0.05, 0.1) is 6.61 Å². The molecule has 0 aliphatic carbocycles. The van der Waals surface area contributed by atoms with Crippen LogP contribution in [0.15, 0.2) is 30.3 Å². The molecule has 5 nitrogen and oxygen atoms in total. The van der Waals surface area contributed by atoms with Gasteiger partial charge >= 0.3 is 0 Å². The zero-order valence-electron chi connectivity index (χ0n) is 12.1. The van der Waals surface area contributed by atoms with Gasteiger partial charge in [-0.3, -0.25) is 4.79 Å². The molecule has 1 amide bonds. The minimum Gasteiger partial charge on any atom is -0.384 e. The molecule has 0 saturated carbocycles. The van der Waals surface area contributed by atoms with Gasteiger partial charge in [-0.2, -0.15) is 0 Å². The van der Waals surface area contributed by atoms with Gasteiger partial charge in [-0.25, -0.2) is 4.98 Å². The highest BCUT2D eigenvalue weighted by molar-refractivity contribution is 5.99. The lowest BCUT2D eigenvalue weighted by Gasteiger charge is -2.16. The van der Waals surface area contributed by atoms with Crippen LogP contribution in [0.5, 0.6) is 0 Å². The molecule has 0 bridgehead atoms. The van der Waals surface area contributed by atoms with Crippen LogP contribution in [0.2, 0.25) is 0 Å². The van der Waals surface area contributed by atoms with Gasteiger partial charge in [0, 0.05) is 31.5 Å². The predicted octanol–water partition coefficient (Wildman–Crippen LogP) is 1.93. The lowest BCUT2D eigenvalue weighted by Crippen LogP contribution is -2.30. The number of benzene rings is 1. The summed E-state index contributed by atoms with van der Waals surface area (Å²) in [5.41, 5.74) is 6.39. The molecule has 1 aliphatic heterocycles. The van der Waals surface area contributed by atoms with Crippen LogP contribution in [-0.2, 0) is 4.74 Å². The number of carbonyl (C=O) groups is 1. The number of hydrogen-bond donors (Lipinski definition) is 1. The molecule has 2 aromatic rings. The number of methoxy groups -OCH3 is 1. The Hall–Kier alpha value is -2.14. The van der Waals surface area contributed by atoms with Crippen molar-refractivity contribution in [2.45, 2.75) is 6.42 Å². The summed E-state index contributed by atoms with van der Waals surface area (Å²) in [5, 5.41) is 1.83. The lowest BCUT2D eigenvalue weighted by atomic mass is 10.1. The number of nitrogens with two attached hydrogens (primary N) is 1. The van der Waals surface area contributed by atoms with E-state index < -0.39 is 0 Å². The standard InChI is InChI=1S/C16H19N3O2/c1-21-10-11-6-7-19(9-11)16(20)14-8-12-4-2-3-5-13(12)15(17)18-14/h2-5,8,11H,6-7,9-10H2,1H3,(H2,17,18). The Morgan fingerprint density at radius 2 is 2.29 bits per heavy atom. The van der Waals surface area contributed by atoms with Crippen molar-refractivity contribution >= 4 is 22.5 Å². The van der Waals surface area contributed by atoms with Crippen LogP contribution in [0.4, 0.5) is 5.82 Å². The van der Waals surface area contributed by atoms with Crippen LogP contribution in [0.3, 0.4) is 0 Å². The average molecular weight is 285 g/mol. The van der Waals surface area contributed by atoms with E-state index in [0.29, 0.717) is 24.0 Å². The highest BCUT2D eigenvalue weighted by Crippen LogP contribution is 2.23. The fourth-order valence-corrected chi connectivity index (χ4v) is 2.89. The number of fused-ring (bicyclic) bond motifs is 1. The number of aromatic nitrogens is 1. The Balaban J connectivity index is 1.85. The highest BCUT2D eigenvalue weighted by Gasteiger charge is 2.27. The average Bonchev–Trinajstić information content (AvgIpc) is 2.95. The largest absolute Gasteiger partial charge is 0.384 e. The van der Waals surface area contributed by atoms with E-state index in [4.69, 9.17) is 10.5 Å². The number of pyridine rings is 1. The molecule has 1 saturated heterocycles. The number of nitrogen functional groups attached to an aromatic ring is 1. The maximum absolute atomic E-state index is 12.6. The summed E-state index contributed by atoms with van der Waals surface area (Å²) in [5.74, 6) is 0.770. The van der Waals surface area contributed by atoms with E-state index in [1.807, 2.05) is 35.2 Å². The van der Waals surface area contributed by atoms with Gasteiger partial charge in [0.15, 0.2) is 0 Å². The third-order valence-electron chi connectivity index (χ3n) is 3.96. The zero-order chi connectivity index (χ0) is 14.8. The Kier molecular flexibility index (Phi) is 3.75. The molecule has 1 fully saturated rings. The van der Waals surface area contributed by atoms with Gasteiger partial charge in [-0.05, 0) is 17.9 Å². The third-order valence-corrected chi connectivity index (χ3v) is 3.96. The number of rotatable bonds is 3. The number of amides is 1. The highest BCUT2D eigenvalue weighted by atomic mass is 16.5. The number of hydrogen-bond acceptors (Lipinski definition) is 4. The van der Waals surface area contributed by atoms with Crippen LogP contribution in [0, 0.1) is 5.92 Å². The SMILES string of the molecule is COCC1CCN(C(=O)c2cc3ccccc3c(N)n2)C1. The molecule has 1 aliphatic rings. The molecule has 1 aromatic heterocycles. The first-order chi connectivity index (χ1) is 10.2. The quantitative estimate of drug-likeness (QED) is 0.935. The summed E-state index contributed by atoms with van der Waals surface area (Å²) in [7, 11) is 1.69. The van der Waals surface area contributed by atoms with E-state index in [-0.39, 0.29) is 5.91 Å². The fourth-order valence-electron chi connectivity index (χ4n) is 2.89. The minimum atomic E-state index is -0.0499. The predicted molar refractivity (Wildman–Crippen MR) is 82.0 cm³/mol. The molecule has 110 valence electrons. The number of anilines is 1. The van der Waals surface area contributed by atoms with E-state index in [1.54, 1.807) is 7.11 Å². The van der Waals surface area contributed by atoms with E-state index >= 15 is 0 Å². The first kappa shape index (κ1) is 13.8. The molecule has 1 atom stereocenters. The Morgan fingerprint density at radius 1 is 1.48 bits per heavy atom. The van der Waals surface area contributed by atoms with Gasteiger partial charge in [-0.15, -0.1) is 0 Å². The van der Waals surface area contributed by atoms with Crippen molar-refractivity contribution in [1.82, 2.24) is 9.88 Å². The minimum absolute atomic E-state index is 0.0499. The summed E-state index contributed by atoms with van der Waals surface area (Å²) >= 11 is 0. The zero-order valence-corrected chi connectivity index (χ0v) is 12.1. The molecular weight excluding hydrogens is 266 g/mol. The lowest BCUT2D eigenvalue weighted by molar-refractivity contribution is 0.0770. The molecule has 1 unspecified atom stereocenters. The van der Waals surface area contributed by atoms with Crippen LogP contribution in [0.25, 0.3) is 10.8 Å². The smallest absolute Gasteiger partial charge is 0.272 e. The van der Waals surface area contributed by atoms with Crippen LogP contribution < -0.4 is 5.73 Å². The molecular formula is C16H19N3O2. The molecule has 1 aromatic carbocycles. The van der Waals surface area contributed by atoms with E-state index in [2.05, 4.69) is 4.98 Å². The first-order valence-corrected chi connectivity index (χ1v) is 7.12. The first-order valence-electron chi connectivity index (χ1n) is 7.12. The number of carbonyl (C=O) groups excluding carboxylic acids is 1.